The van der Waals surface area contributed by atoms with Crippen molar-refractivity contribution >= 4 is 15.9 Å². The van der Waals surface area contributed by atoms with Crippen LogP contribution in [0.2, 0.25) is 0 Å². The van der Waals surface area contributed by atoms with Crippen molar-refractivity contribution in [3.05, 3.63) is 69.4 Å². The van der Waals surface area contributed by atoms with E-state index in [-0.39, 0.29) is 6.61 Å². The molecule has 0 aliphatic heterocycles. The number of nitrogens with zero attached hydrogens (tertiary/aromatic N) is 1. The summed E-state index contributed by atoms with van der Waals surface area (Å²) in [6.45, 7) is 0.730. The van der Waals surface area contributed by atoms with Crippen LogP contribution >= 0.6 is 15.9 Å². The largest absolute Gasteiger partial charge is 0.372 e. The molecule has 0 saturated heterocycles. The summed E-state index contributed by atoms with van der Waals surface area (Å²) in [5.74, 6) is -0.415. The predicted molar refractivity (Wildman–Crippen MR) is 73.8 cm³/mol. The first-order valence-corrected chi connectivity index (χ1v) is 6.48. The number of benzene rings is 2. The normalized spacial score (nSPS) is 10.2. The van der Waals surface area contributed by atoms with E-state index >= 15 is 0 Å². The van der Waals surface area contributed by atoms with E-state index in [1.54, 1.807) is 6.07 Å². The summed E-state index contributed by atoms with van der Waals surface area (Å²) in [7, 11) is 0. The number of nitriles is 1. The molecule has 0 N–H and O–H groups in total. The van der Waals surface area contributed by atoms with Gasteiger partial charge in [-0.05, 0) is 41.5 Å². The summed E-state index contributed by atoms with van der Waals surface area (Å²) >= 11 is 3.36. The second-order valence-corrected chi connectivity index (χ2v) is 4.99. The zero-order valence-electron chi connectivity index (χ0n) is 10.1. The summed E-state index contributed by atoms with van der Waals surface area (Å²) < 4.78 is 19.7. The van der Waals surface area contributed by atoms with E-state index < -0.39 is 5.82 Å². The zero-order valence-corrected chi connectivity index (χ0v) is 11.7. The summed E-state index contributed by atoms with van der Waals surface area (Å²) in [5.41, 5.74) is 2.01. The van der Waals surface area contributed by atoms with Crippen LogP contribution in [0.15, 0.2) is 46.9 Å². The third kappa shape index (κ3) is 4.16. The van der Waals surface area contributed by atoms with E-state index in [1.807, 2.05) is 30.3 Å². The van der Waals surface area contributed by atoms with Crippen molar-refractivity contribution in [1.82, 2.24) is 0 Å². The lowest BCUT2D eigenvalue weighted by atomic mass is 10.1. The smallest absolute Gasteiger partial charge is 0.124 e. The Kier molecular flexibility index (Phi) is 4.67. The summed E-state index contributed by atoms with van der Waals surface area (Å²) in [5, 5.41) is 8.75. The van der Waals surface area contributed by atoms with Crippen LogP contribution in [0.5, 0.6) is 0 Å². The lowest BCUT2D eigenvalue weighted by molar-refractivity contribution is 0.107. The number of ether oxygens (including phenoxy) is 1. The fourth-order valence-electron chi connectivity index (χ4n) is 1.67. The number of rotatable bonds is 4. The maximum atomic E-state index is 13.2. The molecule has 0 spiro atoms. The Labute approximate surface area is 119 Å². The van der Waals surface area contributed by atoms with Gasteiger partial charge in [0.05, 0.1) is 24.8 Å². The number of hydrogen-bond acceptors (Lipinski definition) is 2. The minimum absolute atomic E-state index is 0.280. The van der Waals surface area contributed by atoms with E-state index in [9.17, 15) is 4.39 Å². The van der Waals surface area contributed by atoms with Crippen molar-refractivity contribution in [2.45, 2.75) is 13.2 Å². The Morgan fingerprint density at radius 3 is 2.42 bits per heavy atom. The fourth-order valence-corrected chi connectivity index (χ4v) is 1.93. The molecule has 2 aromatic carbocycles. The Balaban J connectivity index is 1.94. The van der Waals surface area contributed by atoms with Crippen molar-refractivity contribution in [3.63, 3.8) is 0 Å². The molecule has 0 bridgehead atoms. The highest BCUT2D eigenvalue weighted by Crippen LogP contribution is 2.13. The second kappa shape index (κ2) is 6.46. The second-order valence-electron chi connectivity index (χ2n) is 4.08. The van der Waals surface area contributed by atoms with Crippen LogP contribution < -0.4 is 0 Å². The van der Waals surface area contributed by atoms with Crippen molar-refractivity contribution in [2.24, 2.45) is 0 Å². The van der Waals surface area contributed by atoms with Gasteiger partial charge in [-0.3, -0.25) is 0 Å². The van der Waals surface area contributed by atoms with E-state index in [1.165, 1.54) is 12.1 Å². The molecule has 0 amide bonds. The van der Waals surface area contributed by atoms with Crippen LogP contribution in [-0.4, -0.2) is 0 Å². The van der Waals surface area contributed by atoms with Gasteiger partial charge in [0, 0.05) is 4.47 Å². The first-order chi connectivity index (χ1) is 9.17. The van der Waals surface area contributed by atoms with Gasteiger partial charge >= 0.3 is 0 Å². The number of halogens is 2. The summed E-state index contributed by atoms with van der Waals surface area (Å²) in [6.07, 6.45) is 0. The van der Waals surface area contributed by atoms with Gasteiger partial charge in [-0.15, -0.1) is 0 Å². The van der Waals surface area contributed by atoms with Gasteiger partial charge in [-0.2, -0.15) is 5.26 Å². The number of hydrogen-bond donors (Lipinski definition) is 0. The Morgan fingerprint density at radius 1 is 1.05 bits per heavy atom. The van der Waals surface area contributed by atoms with Gasteiger partial charge in [-0.1, -0.05) is 28.1 Å². The molecule has 2 aromatic rings. The molecular formula is C15H11BrFNO. The Bertz CT molecular complexity index is 605. The highest BCUT2D eigenvalue weighted by molar-refractivity contribution is 9.10. The monoisotopic (exact) mass is 319 g/mol. The molecule has 0 saturated carbocycles. The van der Waals surface area contributed by atoms with E-state index in [0.29, 0.717) is 17.7 Å². The van der Waals surface area contributed by atoms with Gasteiger partial charge in [0.1, 0.15) is 5.82 Å². The van der Waals surface area contributed by atoms with Crippen molar-refractivity contribution < 1.29 is 9.13 Å². The predicted octanol–water partition coefficient (Wildman–Crippen LogP) is 4.18. The van der Waals surface area contributed by atoms with Crippen LogP contribution in [0.1, 0.15) is 16.7 Å². The molecule has 0 aromatic heterocycles. The molecule has 0 radical (unpaired) electrons. The van der Waals surface area contributed by atoms with Gasteiger partial charge < -0.3 is 4.74 Å². The average Bonchev–Trinajstić information content (AvgIpc) is 2.40. The molecule has 0 aliphatic rings. The molecule has 0 heterocycles. The fraction of sp³-hybridized carbons (Fsp3) is 0.133. The van der Waals surface area contributed by atoms with Crippen LogP contribution in [0, 0.1) is 17.1 Å². The topological polar surface area (TPSA) is 33.0 Å². The summed E-state index contributed by atoms with van der Waals surface area (Å²) in [6, 6.07) is 13.9. The maximum absolute atomic E-state index is 13.2. The third-order valence-electron chi connectivity index (χ3n) is 2.54. The van der Waals surface area contributed by atoms with Crippen molar-refractivity contribution in [3.8, 4) is 6.07 Å². The highest BCUT2D eigenvalue weighted by atomic mass is 79.9. The third-order valence-corrected chi connectivity index (χ3v) is 3.07. The molecule has 19 heavy (non-hydrogen) atoms. The molecule has 0 atom stereocenters. The molecular weight excluding hydrogens is 309 g/mol. The molecule has 0 unspecified atom stereocenters. The highest BCUT2D eigenvalue weighted by Gasteiger charge is 2.01. The lowest BCUT2D eigenvalue weighted by Crippen LogP contribution is -1.95. The molecule has 4 heteroatoms. The van der Waals surface area contributed by atoms with E-state index in [2.05, 4.69) is 15.9 Å². The SMILES string of the molecule is N#Cc1cc(F)cc(COCc2ccc(Br)cc2)c1. The molecule has 2 rings (SSSR count). The van der Waals surface area contributed by atoms with Crippen LogP contribution in [0.4, 0.5) is 4.39 Å². The first-order valence-electron chi connectivity index (χ1n) is 5.69. The zero-order chi connectivity index (χ0) is 13.7. The quantitative estimate of drug-likeness (QED) is 0.847. The van der Waals surface area contributed by atoms with E-state index in [0.717, 1.165) is 10.0 Å². The van der Waals surface area contributed by atoms with E-state index in [4.69, 9.17) is 10.00 Å². The Hall–Kier alpha value is -1.70. The minimum atomic E-state index is -0.415. The van der Waals surface area contributed by atoms with Crippen molar-refractivity contribution in [1.29, 1.82) is 5.26 Å². The molecule has 0 fully saturated rings. The van der Waals surface area contributed by atoms with Crippen LogP contribution in [0.25, 0.3) is 0 Å². The van der Waals surface area contributed by atoms with Gasteiger partial charge in [-0.25, -0.2) is 4.39 Å². The van der Waals surface area contributed by atoms with Crippen LogP contribution in [-0.2, 0) is 18.0 Å². The average molecular weight is 320 g/mol. The van der Waals surface area contributed by atoms with Crippen molar-refractivity contribution in [2.75, 3.05) is 0 Å². The van der Waals surface area contributed by atoms with Gasteiger partial charge in [0.2, 0.25) is 0 Å². The molecule has 2 nitrogen and oxygen atoms in total. The Morgan fingerprint density at radius 2 is 1.74 bits per heavy atom. The first kappa shape index (κ1) is 13.7. The summed E-state index contributed by atoms with van der Waals surface area (Å²) in [4.78, 5) is 0. The minimum Gasteiger partial charge on any atom is -0.372 e. The molecule has 0 aliphatic carbocycles. The lowest BCUT2D eigenvalue weighted by Gasteiger charge is -2.05. The van der Waals surface area contributed by atoms with Crippen LogP contribution in [0.3, 0.4) is 0 Å². The van der Waals surface area contributed by atoms with Gasteiger partial charge in [0.15, 0.2) is 0 Å². The van der Waals surface area contributed by atoms with Gasteiger partial charge in [0.25, 0.3) is 0 Å². The maximum Gasteiger partial charge on any atom is 0.124 e. The standard InChI is InChI=1S/C15H11BrFNO/c16-14-3-1-11(2-4-14)9-19-10-13-5-12(8-18)6-15(17)7-13/h1-7H,9-10H2. The molecule has 96 valence electrons.